The van der Waals surface area contributed by atoms with Crippen LogP contribution in [0.2, 0.25) is 0 Å². The number of hydrogen-bond donors (Lipinski definition) is 2. The number of hydrogen-bond acceptors (Lipinski definition) is 2. The van der Waals surface area contributed by atoms with E-state index in [0.29, 0.717) is 0 Å². The number of nitrogens with two attached hydrogens (primary N) is 1. The van der Waals surface area contributed by atoms with Crippen LogP contribution in [0.25, 0.3) is 0 Å². The van der Waals surface area contributed by atoms with E-state index in [0.717, 1.165) is 10.0 Å². The van der Waals surface area contributed by atoms with Gasteiger partial charge < -0.3 is 11.1 Å². The average molecular weight is 285 g/mol. The first-order chi connectivity index (χ1) is 7.30. The van der Waals surface area contributed by atoms with E-state index in [1.165, 1.54) is 0 Å². The fraction of sp³-hybridized carbons (Fsp3) is 0.417. The number of benzene rings is 1. The molecule has 4 heteroatoms. The third-order valence-electron chi connectivity index (χ3n) is 2.28. The van der Waals surface area contributed by atoms with E-state index in [-0.39, 0.29) is 11.9 Å². The lowest BCUT2D eigenvalue weighted by molar-refractivity contribution is -0.125. The molecule has 1 amide bonds. The van der Waals surface area contributed by atoms with Gasteiger partial charge in [0.1, 0.15) is 0 Å². The van der Waals surface area contributed by atoms with Crippen molar-refractivity contribution in [2.24, 2.45) is 5.73 Å². The molecule has 0 aromatic heterocycles. The smallest absolute Gasteiger partial charge is 0.239 e. The number of amides is 1. The molecule has 0 saturated carbocycles. The predicted molar refractivity (Wildman–Crippen MR) is 69.0 cm³/mol. The molecule has 16 heavy (non-hydrogen) atoms. The maximum Gasteiger partial charge on any atom is 0.239 e. The molecule has 88 valence electrons. The molecule has 0 aliphatic rings. The van der Waals surface area contributed by atoms with Gasteiger partial charge in [-0.05, 0) is 38.5 Å². The van der Waals surface area contributed by atoms with Crippen LogP contribution in [0.5, 0.6) is 0 Å². The highest BCUT2D eigenvalue weighted by atomic mass is 79.9. The van der Waals surface area contributed by atoms with Crippen LogP contribution >= 0.6 is 15.9 Å². The molecule has 3 nitrogen and oxygen atoms in total. The topological polar surface area (TPSA) is 55.1 Å². The number of nitrogens with one attached hydrogen (secondary N) is 1. The summed E-state index contributed by atoms with van der Waals surface area (Å²) in [6.07, 6.45) is 0. The van der Waals surface area contributed by atoms with Crippen LogP contribution < -0.4 is 11.1 Å². The van der Waals surface area contributed by atoms with Gasteiger partial charge in [-0.25, -0.2) is 0 Å². The van der Waals surface area contributed by atoms with Crippen molar-refractivity contribution in [3.05, 3.63) is 34.3 Å². The van der Waals surface area contributed by atoms with E-state index in [4.69, 9.17) is 5.73 Å². The van der Waals surface area contributed by atoms with Gasteiger partial charge in [-0.3, -0.25) is 4.79 Å². The van der Waals surface area contributed by atoms with Gasteiger partial charge in [-0.2, -0.15) is 0 Å². The fourth-order valence-corrected chi connectivity index (χ4v) is 1.66. The highest BCUT2D eigenvalue weighted by molar-refractivity contribution is 9.10. The zero-order chi connectivity index (χ0) is 12.3. The summed E-state index contributed by atoms with van der Waals surface area (Å²) in [5.74, 6) is -0.153. The summed E-state index contributed by atoms with van der Waals surface area (Å²) in [5.41, 5.74) is 5.92. The van der Waals surface area contributed by atoms with E-state index in [2.05, 4.69) is 21.2 Å². The quantitative estimate of drug-likeness (QED) is 0.895. The minimum absolute atomic E-state index is 0.0483. The second-order valence-corrected chi connectivity index (χ2v) is 5.39. The average Bonchev–Trinajstić information content (AvgIpc) is 2.16. The van der Waals surface area contributed by atoms with Gasteiger partial charge in [-0.15, -0.1) is 0 Å². The Labute approximate surface area is 105 Å². The Hall–Kier alpha value is -0.870. The molecule has 0 saturated heterocycles. The third kappa shape index (κ3) is 3.61. The van der Waals surface area contributed by atoms with Gasteiger partial charge in [0.25, 0.3) is 0 Å². The first kappa shape index (κ1) is 13.2. The van der Waals surface area contributed by atoms with Crippen LogP contribution in [0.15, 0.2) is 28.7 Å². The van der Waals surface area contributed by atoms with Crippen molar-refractivity contribution in [2.75, 3.05) is 0 Å². The van der Waals surface area contributed by atoms with E-state index in [1.807, 2.05) is 31.2 Å². The molecule has 3 N–H and O–H groups in total. The largest absolute Gasteiger partial charge is 0.348 e. The Balaban J connectivity index is 2.73. The normalized spacial score (nSPS) is 13.3. The van der Waals surface area contributed by atoms with E-state index < -0.39 is 5.54 Å². The first-order valence-corrected chi connectivity index (χ1v) is 5.95. The molecule has 1 aromatic carbocycles. The molecule has 1 aromatic rings. The highest BCUT2D eigenvalue weighted by Gasteiger charge is 2.23. The number of rotatable bonds is 3. The standard InChI is InChI=1S/C12H17BrN2O/c1-8(15-11(16)12(2,3)14)9-5-4-6-10(13)7-9/h4-8H,14H2,1-3H3,(H,15,16)/t8-/m1/s1. The van der Waals surface area contributed by atoms with Gasteiger partial charge in [0.2, 0.25) is 5.91 Å². The van der Waals surface area contributed by atoms with Crippen LogP contribution in [0.3, 0.4) is 0 Å². The van der Waals surface area contributed by atoms with Gasteiger partial charge in [0, 0.05) is 4.47 Å². The van der Waals surface area contributed by atoms with Crippen LogP contribution in [-0.2, 0) is 4.79 Å². The summed E-state index contributed by atoms with van der Waals surface area (Å²) >= 11 is 3.40. The molecular formula is C12H17BrN2O. The molecule has 0 fully saturated rings. The van der Waals surface area contributed by atoms with Crippen molar-refractivity contribution in [2.45, 2.75) is 32.4 Å². The van der Waals surface area contributed by atoms with E-state index in [9.17, 15) is 4.79 Å². The minimum atomic E-state index is -0.847. The van der Waals surface area contributed by atoms with Crippen LogP contribution in [-0.4, -0.2) is 11.4 Å². The molecule has 0 heterocycles. The van der Waals surface area contributed by atoms with Gasteiger partial charge in [0.15, 0.2) is 0 Å². The van der Waals surface area contributed by atoms with Gasteiger partial charge in [-0.1, -0.05) is 28.1 Å². The predicted octanol–water partition coefficient (Wildman–Crippen LogP) is 2.36. The Kier molecular flexibility index (Phi) is 4.10. The highest BCUT2D eigenvalue weighted by Crippen LogP contribution is 2.18. The Morgan fingerprint density at radius 1 is 1.50 bits per heavy atom. The summed E-state index contributed by atoms with van der Waals surface area (Å²) in [5, 5.41) is 2.88. The van der Waals surface area contributed by atoms with Crippen LogP contribution in [0.4, 0.5) is 0 Å². The molecular weight excluding hydrogens is 268 g/mol. The monoisotopic (exact) mass is 284 g/mol. The lowest BCUT2D eigenvalue weighted by Gasteiger charge is -2.22. The van der Waals surface area contributed by atoms with Crippen molar-refractivity contribution in [3.63, 3.8) is 0 Å². The first-order valence-electron chi connectivity index (χ1n) is 5.16. The van der Waals surface area contributed by atoms with Crippen LogP contribution in [0, 0.1) is 0 Å². The SMILES string of the molecule is C[C@@H](NC(=O)C(C)(C)N)c1cccc(Br)c1. The Morgan fingerprint density at radius 3 is 2.62 bits per heavy atom. The lowest BCUT2D eigenvalue weighted by Crippen LogP contribution is -2.49. The second kappa shape index (κ2) is 4.97. The summed E-state index contributed by atoms with van der Waals surface area (Å²) in [4.78, 5) is 11.7. The Bertz CT molecular complexity index is 385. The molecule has 0 radical (unpaired) electrons. The van der Waals surface area contributed by atoms with Crippen molar-refractivity contribution in [1.82, 2.24) is 5.32 Å². The molecule has 0 aliphatic heterocycles. The lowest BCUT2D eigenvalue weighted by atomic mass is 10.0. The van der Waals surface area contributed by atoms with Crippen molar-refractivity contribution in [3.8, 4) is 0 Å². The summed E-state index contributed by atoms with van der Waals surface area (Å²) in [6, 6.07) is 7.79. The van der Waals surface area contributed by atoms with Crippen molar-refractivity contribution in [1.29, 1.82) is 0 Å². The molecule has 0 bridgehead atoms. The molecule has 0 unspecified atom stereocenters. The summed E-state index contributed by atoms with van der Waals surface area (Å²) in [7, 11) is 0. The van der Waals surface area contributed by atoms with E-state index in [1.54, 1.807) is 13.8 Å². The number of halogens is 1. The Morgan fingerprint density at radius 2 is 2.12 bits per heavy atom. The number of carbonyl (C=O) groups is 1. The fourth-order valence-electron chi connectivity index (χ4n) is 1.24. The molecule has 1 rings (SSSR count). The summed E-state index contributed by atoms with van der Waals surface area (Å²) in [6.45, 7) is 5.32. The van der Waals surface area contributed by atoms with Gasteiger partial charge >= 0.3 is 0 Å². The van der Waals surface area contributed by atoms with E-state index >= 15 is 0 Å². The molecule has 1 atom stereocenters. The van der Waals surface area contributed by atoms with Gasteiger partial charge in [0.05, 0.1) is 11.6 Å². The second-order valence-electron chi connectivity index (χ2n) is 4.47. The third-order valence-corrected chi connectivity index (χ3v) is 2.77. The maximum absolute atomic E-state index is 11.7. The zero-order valence-corrected chi connectivity index (χ0v) is 11.3. The number of carbonyl (C=O) groups excluding carboxylic acids is 1. The maximum atomic E-state index is 11.7. The molecule has 0 spiro atoms. The molecule has 0 aliphatic carbocycles. The van der Waals surface area contributed by atoms with Crippen molar-refractivity contribution >= 4 is 21.8 Å². The summed E-state index contributed by atoms with van der Waals surface area (Å²) < 4.78 is 0.998. The van der Waals surface area contributed by atoms with Crippen LogP contribution in [0.1, 0.15) is 32.4 Å². The zero-order valence-electron chi connectivity index (χ0n) is 9.75. The minimum Gasteiger partial charge on any atom is -0.348 e. The van der Waals surface area contributed by atoms with Crippen molar-refractivity contribution < 1.29 is 4.79 Å².